The fraction of sp³-hybridized carbons (Fsp3) is 0.381. The second-order valence-electron chi connectivity index (χ2n) is 6.06. The number of ether oxygens (including phenoxy) is 4. The normalized spacial score (nSPS) is 10.2. The van der Waals surface area contributed by atoms with Gasteiger partial charge >= 0.3 is 0 Å². The van der Waals surface area contributed by atoms with E-state index in [2.05, 4.69) is 5.32 Å². The Morgan fingerprint density at radius 1 is 0.926 bits per heavy atom. The van der Waals surface area contributed by atoms with Gasteiger partial charge in [0.25, 0.3) is 0 Å². The van der Waals surface area contributed by atoms with Gasteiger partial charge in [0.1, 0.15) is 11.5 Å². The van der Waals surface area contributed by atoms with E-state index in [1.165, 1.54) is 5.56 Å². The third-order valence-corrected chi connectivity index (χ3v) is 4.10. The number of carbonyl (C=O) groups is 1. The standard InChI is InChI=1S/C21H27NO5/c1-15-7-9-17(10-8-15)27-11-5-6-21(23)22-14-16-12-19(25-3)20(26-4)13-18(16)24-2/h7-10,12-13H,5-6,11,14H2,1-4H3,(H,22,23). The molecule has 0 radical (unpaired) electrons. The Morgan fingerprint density at radius 3 is 2.19 bits per heavy atom. The lowest BCUT2D eigenvalue weighted by Gasteiger charge is -2.14. The third-order valence-electron chi connectivity index (χ3n) is 4.10. The zero-order chi connectivity index (χ0) is 19.6. The van der Waals surface area contributed by atoms with Gasteiger partial charge in [0.05, 0.1) is 27.9 Å². The van der Waals surface area contributed by atoms with E-state index < -0.39 is 0 Å². The molecule has 0 fully saturated rings. The van der Waals surface area contributed by atoms with Gasteiger partial charge in [-0.3, -0.25) is 4.79 Å². The molecule has 0 unspecified atom stereocenters. The Hall–Kier alpha value is -2.89. The molecule has 2 rings (SSSR count). The average Bonchev–Trinajstić information content (AvgIpc) is 2.70. The molecule has 0 aliphatic heterocycles. The molecule has 1 amide bonds. The summed E-state index contributed by atoms with van der Waals surface area (Å²) in [5.41, 5.74) is 2.01. The summed E-state index contributed by atoms with van der Waals surface area (Å²) >= 11 is 0. The largest absolute Gasteiger partial charge is 0.496 e. The van der Waals surface area contributed by atoms with Crippen LogP contribution in [0.1, 0.15) is 24.0 Å². The summed E-state index contributed by atoms with van der Waals surface area (Å²) in [5.74, 6) is 2.58. The van der Waals surface area contributed by atoms with Crippen LogP contribution >= 0.6 is 0 Å². The lowest BCUT2D eigenvalue weighted by atomic mass is 10.1. The van der Waals surface area contributed by atoms with Crippen molar-refractivity contribution in [3.8, 4) is 23.0 Å². The van der Waals surface area contributed by atoms with Crippen molar-refractivity contribution in [3.05, 3.63) is 47.5 Å². The van der Waals surface area contributed by atoms with Crippen LogP contribution in [0, 0.1) is 6.92 Å². The molecule has 6 nitrogen and oxygen atoms in total. The maximum absolute atomic E-state index is 12.1. The molecule has 2 aromatic carbocycles. The fourth-order valence-corrected chi connectivity index (χ4v) is 2.57. The maximum Gasteiger partial charge on any atom is 0.220 e. The van der Waals surface area contributed by atoms with E-state index in [4.69, 9.17) is 18.9 Å². The fourth-order valence-electron chi connectivity index (χ4n) is 2.57. The summed E-state index contributed by atoms with van der Waals surface area (Å²) in [6.07, 6.45) is 1.03. The van der Waals surface area contributed by atoms with Gasteiger partial charge in [-0.15, -0.1) is 0 Å². The maximum atomic E-state index is 12.1. The molecule has 0 heterocycles. The Balaban J connectivity index is 1.80. The minimum Gasteiger partial charge on any atom is -0.496 e. The number of nitrogens with one attached hydrogen (secondary N) is 1. The zero-order valence-electron chi connectivity index (χ0n) is 16.3. The van der Waals surface area contributed by atoms with Crippen LogP contribution in [0.3, 0.4) is 0 Å². The Morgan fingerprint density at radius 2 is 1.56 bits per heavy atom. The molecule has 0 bridgehead atoms. The first kappa shape index (κ1) is 20.4. The number of rotatable bonds is 10. The predicted molar refractivity (Wildman–Crippen MR) is 104 cm³/mol. The van der Waals surface area contributed by atoms with Gasteiger partial charge in [0, 0.05) is 24.6 Å². The summed E-state index contributed by atoms with van der Waals surface area (Å²) in [7, 11) is 4.72. The minimum atomic E-state index is -0.0423. The van der Waals surface area contributed by atoms with Crippen LogP contribution in [-0.4, -0.2) is 33.8 Å². The van der Waals surface area contributed by atoms with Crippen LogP contribution in [0.2, 0.25) is 0 Å². The summed E-state index contributed by atoms with van der Waals surface area (Å²) in [6, 6.07) is 11.4. The van der Waals surface area contributed by atoms with Gasteiger partial charge in [0.2, 0.25) is 5.91 Å². The van der Waals surface area contributed by atoms with Gasteiger partial charge < -0.3 is 24.3 Å². The molecule has 0 saturated heterocycles. The van der Waals surface area contributed by atoms with Gasteiger partial charge in [-0.1, -0.05) is 17.7 Å². The molecule has 0 spiro atoms. The molecule has 0 atom stereocenters. The van der Waals surface area contributed by atoms with Crippen LogP contribution in [0.25, 0.3) is 0 Å². The summed E-state index contributed by atoms with van der Waals surface area (Å²) < 4.78 is 21.6. The SMILES string of the molecule is COc1cc(OC)c(OC)cc1CNC(=O)CCCOc1ccc(C)cc1. The van der Waals surface area contributed by atoms with Crippen LogP contribution in [0.15, 0.2) is 36.4 Å². The number of carbonyl (C=O) groups excluding carboxylic acids is 1. The van der Waals surface area contributed by atoms with E-state index in [1.54, 1.807) is 33.5 Å². The Kier molecular flexibility index (Phi) is 7.79. The summed E-state index contributed by atoms with van der Waals surface area (Å²) in [6.45, 7) is 2.87. The smallest absolute Gasteiger partial charge is 0.220 e. The second-order valence-corrected chi connectivity index (χ2v) is 6.06. The number of aryl methyl sites for hydroxylation is 1. The predicted octanol–water partition coefficient (Wildman–Crippen LogP) is 3.50. The molecular formula is C21H27NO5. The van der Waals surface area contributed by atoms with Crippen molar-refractivity contribution in [2.24, 2.45) is 0 Å². The number of amides is 1. The van der Waals surface area contributed by atoms with Crippen molar-refractivity contribution in [3.63, 3.8) is 0 Å². The molecule has 27 heavy (non-hydrogen) atoms. The number of benzene rings is 2. The van der Waals surface area contributed by atoms with Crippen molar-refractivity contribution in [1.82, 2.24) is 5.32 Å². The van der Waals surface area contributed by atoms with Crippen molar-refractivity contribution >= 4 is 5.91 Å². The van der Waals surface area contributed by atoms with Crippen LogP contribution in [-0.2, 0) is 11.3 Å². The van der Waals surface area contributed by atoms with Crippen LogP contribution in [0.4, 0.5) is 0 Å². The summed E-state index contributed by atoms with van der Waals surface area (Å²) in [4.78, 5) is 12.1. The second kappa shape index (κ2) is 10.3. The first-order chi connectivity index (χ1) is 13.1. The van der Waals surface area contributed by atoms with Crippen LogP contribution in [0.5, 0.6) is 23.0 Å². The average molecular weight is 373 g/mol. The van der Waals surface area contributed by atoms with E-state index in [-0.39, 0.29) is 5.91 Å². The molecule has 0 aliphatic rings. The Labute approximate surface area is 160 Å². The highest BCUT2D eigenvalue weighted by molar-refractivity contribution is 5.76. The number of hydrogen-bond acceptors (Lipinski definition) is 5. The molecule has 146 valence electrons. The lowest BCUT2D eigenvalue weighted by molar-refractivity contribution is -0.121. The highest BCUT2D eigenvalue weighted by Crippen LogP contribution is 2.34. The van der Waals surface area contributed by atoms with Gasteiger partial charge in [0.15, 0.2) is 11.5 Å². The van der Waals surface area contributed by atoms with E-state index >= 15 is 0 Å². The zero-order valence-corrected chi connectivity index (χ0v) is 16.3. The van der Waals surface area contributed by atoms with Crippen molar-refractivity contribution < 1.29 is 23.7 Å². The molecule has 0 aliphatic carbocycles. The van der Waals surface area contributed by atoms with Gasteiger partial charge in [-0.05, 0) is 31.5 Å². The molecule has 0 aromatic heterocycles. The monoisotopic (exact) mass is 373 g/mol. The van der Waals surface area contributed by atoms with E-state index in [0.29, 0.717) is 43.2 Å². The van der Waals surface area contributed by atoms with E-state index in [1.807, 2.05) is 31.2 Å². The van der Waals surface area contributed by atoms with Gasteiger partial charge in [-0.2, -0.15) is 0 Å². The van der Waals surface area contributed by atoms with Crippen molar-refractivity contribution in [2.75, 3.05) is 27.9 Å². The molecular weight excluding hydrogens is 346 g/mol. The Bertz CT molecular complexity index is 743. The highest BCUT2D eigenvalue weighted by Gasteiger charge is 2.12. The van der Waals surface area contributed by atoms with Crippen molar-refractivity contribution in [1.29, 1.82) is 0 Å². The first-order valence-electron chi connectivity index (χ1n) is 8.82. The topological polar surface area (TPSA) is 66.0 Å². The molecule has 1 N–H and O–H groups in total. The third kappa shape index (κ3) is 6.09. The van der Waals surface area contributed by atoms with E-state index in [0.717, 1.165) is 11.3 Å². The van der Waals surface area contributed by atoms with Crippen molar-refractivity contribution in [2.45, 2.75) is 26.3 Å². The minimum absolute atomic E-state index is 0.0423. The van der Waals surface area contributed by atoms with Gasteiger partial charge in [-0.25, -0.2) is 0 Å². The van der Waals surface area contributed by atoms with E-state index in [9.17, 15) is 4.79 Å². The first-order valence-corrected chi connectivity index (χ1v) is 8.82. The summed E-state index contributed by atoms with van der Waals surface area (Å²) in [5, 5.41) is 2.90. The molecule has 0 saturated carbocycles. The number of hydrogen-bond donors (Lipinski definition) is 1. The molecule has 2 aromatic rings. The lowest BCUT2D eigenvalue weighted by Crippen LogP contribution is -2.23. The number of methoxy groups -OCH3 is 3. The quantitative estimate of drug-likeness (QED) is 0.646. The molecule has 6 heteroatoms. The highest BCUT2D eigenvalue weighted by atomic mass is 16.5. The van der Waals surface area contributed by atoms with Crippen LogP contribution < -0.4 is 24.3 Å².